The molecule has 2 aliphatic heterocycles. The number of piperazine rings is 1. The Morgan fingerprint density at radius 1 is 1.37 bits per heavy atom. The quantitative estimate of drug-likeness (QED) is 0.842. The topological polar surface area (TPSA) is 39.7 Å². The van der Waals surface area contributed by atoms with Crippen molar-refractivity contribution in [2.24, 2.45) is 4.99 Å². The van der Waals surface area contributed by atoms with Crippen LogP contribution in [-0.2, 0) is 0 Å². The Balaban J connectivity index is 2.00. The van der Waals surface area contributed by atoms with Gasteiger partial charge in [0, 0.05) is 53.8 Å². The summed E-state index contributed by atoms with van der Waals surface area (Å²) in [5.74, 6) is 0.544. The Kier molecular flexibility index (Phi) is 5.80. The van der Waals surface area contributed by atoms with Gasteiger partial charge in [-0.15, -0.1) is 0 Å². The first kappa shape index (κ1) is 19.4. The number of aliphatic imine (C=N–C) groups is 1. The predicted octanol–water partition coefficient (Wildman–Crippen LogP) is 4.05. The Hall–Kier alpha value is -2.40. The number of nitrogens with one attached hydrogen (secondary N) is 2. The number of nitrogens with zero attached hydrogens (tertiary/aromatic N) is 2. The molecule has 3 rings (SSSR count). The fraction of sp³-hybridized carbons (Fsp3) is 0.409. The van der Waals surface area contributed by atoms with Gasteiger partial charge in [0.15, 0.2) is 0 Å². The average Bonchev–Trinajstić information content (AvgIpc) is 3.04. The summed E-state index contributed by atoms with van der Waals surface area (Å²) in [6.07, 6.45) is 6.67. The molecule has 0 unspecified atom stereocenters. The minimum atomic E-state index is -0.227. The monoisotopic (exact) mass is 368 g/mol. The van der Waals surface area contributed by atoms with Gasteiger partial charge in [0.1, 0.15) is 11.7 Å². The first-order chi connectivity index (χ1) is 12.9. The number of hydrogen-bond acceptors (Lipinski definition) is 4. The summed E-state index contributed by atoms with van der Waals surface area (Å²) in [7, 11) is 0. The molecular weight excluding hydrogens is 339 g/mol. The molecule has 2 aliphatic rings. The number of benzene rings is 1. The minimum absolute atomic E-state index is 0.0351. The number of amidine groups is 1. The van der Waals surface area contributed by atoms with Gasteiger partial charge in [0.05, 0.1) is 0 Å². The maximum Gasteiger partial charge on any atom is 0.139 e. The Bertz CT molecular complexity index is 817. The molecule has 0 bridgehead atoms. The Labute approximate surface area is 161 Å². The summed E-state index contributed by atoms with van der Waals surface area (Å²) in [4.78, 5) is 6.93. The van der Waals surface area contributed by atoms with Crippen LogP contribution in [0.25, 0.3) is 5.57 Å². The second-order valence-corrected chi connectivity index (χ2v) is 7.65. The summed E-state index contributed by atoms with van der Waals surface area (Å²) in [5, 5.41) is 6.83. The zero-order valence-corrected chi connectivity index (χ0v) is 16.6. The van der Waals surface area contributed by atoms with Crippen molar-refractivity contribution in [2.75, 3.05) is 19.6 Å². The van der Waals surface area contributed by atoms with Crippen LogP contribution in [0.3, 0.4) is 0 Å². The van der Waals surface area contributed by atoms with E-state index < -0.39 is 0 Å². The van der Waals surface area contributed by atoms with Crippen LogP contribution in [-0.4, -0.2) is 35.9 Å². The van der Waals surface area contributed by atoms with Crippen molar-refractivity contribution in [2.45, 2.75) is 39.7 Å². The fourth-order valence-electron chi connectivity index (χ4n) is 3.59. The van der Waals surface area contributed by atoms with Gasteiger partial charge in [-0.2, -0.15) is 0 Å². The molecule has 1 aromatic rings. The van der Waals surface area contributed by atoms with Crippen LogP contribution in [0, 0.1) is 5.82 Å². The summed E-state index contributed by atoms with van der Waals surface area (Å²) < 4.78 is 14.5. The van der Waals surface area contributed by atoms with E-state index in [1.54, 1.807) is 12.3 Å². The van der Waals surface area contributed by atoms with Crippen molar-refractivity contribution < 1.29 is 4.39 Å². The SMILES string of the molecule is CC/C=C/NC1=NC=C(c2ccccc2F)/C1=C(/C)N1CCNC(C)(C)C1. The molecule has 0 amide bonds. The van der Waals surface area contributed by atoms with Gasteiger partial charge < -0.3 is 15.5 Å². The zero-order valence-electron chi connectivity index (χ0n) is 16.6. The summed E-state index contributed by atoms with van der Waals surface area (Å²) >= 11 is 0. The lowest BCUT2D eigenvalue weighted by atomic mass is 9.95. The molecule has 27 heavy (non-hydrogen) atoms. The van der Waals surface area contributed by atoms with Crippen molar-refractivity contribution in [1.29, 1.82) is 0 Å². The van der Waals surface area contributed by atoms with E-state index in [0.717, 1.165) is 48.7 Å². The Morgan fingerprint density at radius 3 is 2.85 bits per heavy atom. The molecule has 0 aliphatic carbocycles. The molecule has 1 fully saturated rings. The van der Waals surface area contributed by atoms with Gasteiger partial charge in [-0.05, 0) is 39.5 Å². The van der Waals surface area contributed by atoms with Gasteiger partial charge in [-0.25, -0.2) is 9.38 Å². The molecule has 2 N–H and O–H groups in total. The van der Waals surface area contributed by atoms with E-state index in [1.165, 1.54) is 6.07 Å². The van der Waals surface area contributed by atoms with Crippen molar-refractivity contribution in [3.05, 3.63) is 65.4 Å². The van der Waals surface area contributed by atoms with Crippen LogP contribution in [0.15, 0.2) is 59.0 Å². The molecule has 1 aromatic carbocycles. The number of hydrogen-bond donors (Lipinski definition) is 2. The summed E-state index contributed by atoms with van der Waals surface area (Å²) in [6.45, 7) is 11.3. The molecule has 0 spiro atoms. The maximum absolute atomic E-state index is 14.5. The van der Waals surface area contributed by atoms with Gasteiger partial charge in [-0.3, -0.25) is 0 Å². The number of rotatable bonds is 4. The second-order valence-electron chi connectivity index (χ2n) is 7.65. The second kappa shape index (κ2) is 8.09. The number of allylic oxidation sites excluding steroid dienone is 2. The van der Waals surface area contributed by atoms with E-state index in [0.29, 0.717) is 5.56 Å². The van der Waals surface area contributed by atoms with E-state index in [1.807, 2.05) is 24.4 Å². The molecule has 0 saturated carbocycles. The average molecular weight is 369 g/mol. The van der Waals surface area contributed by atoms with Crippen LogP contribution in [0.4, 0.5) is 4.39 Å². The zero-order chi connectivity index (χ0) is 19.4. The molecule has 2 heterocycles. The van der Waals surface area contributed by atoms with Crippen LogP contribution in [0.5, 0.6) is 0 Å². The van der Waals surface area contributed by atoms with Gasteiger partial charge >= 0.3 is 0 Å². The standard InChI is InChI=1S/C22H29FN4/c1-5-6-11-24-21-20(16(2)27-13-12-26-22(3,4)15-27)18(14-25-21)17-9-7-8-10-19(17)23/h6-11,14,26H,5,12-13,15H2,1-4H3,(H,24,25)/b11-6+,20-16+. The lowest BCUT2D eigenvalue weighted by Gasteiger charge is -2.41. The van der Waals surface area contributed by atoms with E-state index in [-0.39, 0.29) is 11.4 Å². The lowest BCUT2D eigenvalue weighted by Crippen LogP contribution is -2.56. The number of halogens is 1. The van der Waals surface area contributed by atoms with E-state index in [4.69, 9.17) is 0 Å². The molecule has 4 nitrogen and oxygen atoms in total. The van der Waals surface area contributed by atoms with Gasteiger partial charge in [0.25, 0.3) is 0 Å². The Morgan fingerprint density at radius 2 is 2.15 bits per heavy atom. The highest BCUT2D eigenvalue weighted by Gasteiger charge is 2.30. The largest absolute Gasteiger partial charge is 0.371 e. The van der Waals surface area contributed by atoms with Crippen LogP contribution in [0.1, 0.15) is 39.7 Å². The first-order valence-electron chi connectivity index (χ1n) is 9.59. The third-order valence-corrected chi connectivity index (χ3v) is 4.97. The third-order valence-electron chi connectivity index (χ3n) is 4.97. The summed E-state index contributed by atoms with van der Waals surface area (Å²) in [5.41, 5.74) is 3.54. The maximum atomic E-state index is 14.5. The van der Waals surface area contributed by atoms with Crippen LogP contribution >= 0.6 is 0 Å². The normalized spacial score (nSPS) is 21.3. The first-order valence-corrected chi connectivity index (χ1v) is 9.59. The molecule has 144 valence electrons. The van der Waals surface area contributed by atoms with Crippen molar-refractivity contribution in [1.82, 2.24) is 15.5 Å². The molecule has 1 saturated heterocycles. The fourth-order valence-corrected chi connectivity index (χ4v) is 3.59. The van der Waals surface area contributed by atoms with Gasteiger partial charge in [-0.1, -0.05) is 31.2 Å². The molecular formula is C22H29FN4. The minimum Gasteiger partial charge on any atom is -0.371 e. The highest BCUT2D eigenvalue weighted by Crippen LogP contribution is 2.34. The van der Waals surface area contributed by atoms with Crippen molar-refractivity contribution >= 4 is 11.4 Å². The van der Waals surface area contributed by atoms with Crippen LogP contribution in [0.2, 0.25) is 0 Å². The third kappa shape index (κ3) is 4.30. The summed E-state index contributed by atoms with van der Waals surface area (Å²) in [6, 6.07) is 6.89. The predicted molar refractivity (Wildman–Crippen MR) is 111 cm³/mol. The smallest absolute Gasteiger partial charge is 0.139 e. The lowest BCUT2D eigenvalue weighted by molar-refractivity contribution is 0.191. The highest BCUT2D eigenvalue weighted by atomic mass is 19.1. The molecule has 0 atom stereocenters. The van der Waals surface area contributed by atoms with E-state index in [2.05, 4.69) is 48.2 Å². The van der Waals surface area contributed by atoms with Crippen molar-refractivity contribution in [3.63, 3.8) is 0 Å². The van der Waals surface area contributed by atoms with E-state index >= 15 is 0 Å². The van der Waals surface area contributed by atoms with Crippen molar-refractivity contribution in [3.8, 4) is 0 Å². The molecule has 0 radical (unpaired) electrons. The van der Waals surface area contributed by atoms with E-state index in [9.17, 15) is 4.39 Å². The highest BCUT2D eigenvalue weighted by molar-refractivity contribution is 6.16. The van der Waals surface area contributed by atoms with Gasteiger partial charge in [0.2, 0.25) is 0 Å². The van der Waals surface area contributed by atoms with Crippen LogP contribution < -0.4 is 10.6 Å². The molecule has 0 aromatic heterocycles. The molecule has 5 heteroatoms.